The second-order valence-electron chi connectivity index (χ2n) is 15.0. The van der Waals surface area contributed by atoms with E-state index in [0.717, 1.165) is 44.8 Å². The van der Waals surface area contributed by atoms with Crippen molar-refractivity contribution in [3.05, 3.63) is 124 Å². The van der Waals surface area contributed by atoms with Gasteiger partial charge in [-0.1, -0.05) is 92.8 Å². The number of nitrogens with zero attached hydrogens (tertiary/aromatic N) is 4. The molecule has 16 bridgehead atoms. The molecule has 1 radical (unpaired) electrons. The van der Waals surface area contributed by atoms with Crippen LogP contribution in [0.4, 0.5) is 0 Å². The van der Waals surface area contributed by atoms with E-state index in [9.17, 15) is 51.9 Å². The van der Waals surface area contributed by atoms with Crippen molar-refractivity contribution in [3.63, 3.8) is 0 Å². The number of H-pyrrole nitrogens is 4. The number of nitrogens with one attached hydrogen (secondary N) is 4. The van der Waals surface area contributed by atoms with Gasteiger partial charge in [-0.2, -0.15) is 33.7 Å². The van der Waals surface area contributed by atoms with E-state index in [1.165, 1.54) is 0 Å². The number of hydrogen-bond donors (Lipinski definition) is 8. The van der Waals surface area contributed by atoms with Crippen LogP contribution < -0.4 is 0 Å². The molecule has 0 fully saturated rings. The molecule has 0 unspecified atom stereocenters. The molecule has 6 aromatic heterocycles. The van der Waals surface area contributed by atoms with Gasteiger partial charge in [0.2, 0.25) is 0 Å². The number of aromatic nitrogens is 8. The zero-order valence-electron chi connectivity index (χ0n) is 34.8. The molecule has 0 spiro atoms. The van der Waals surface area contributed by atoms with E-state index in [1.54, 1.807) is 0 Å². The zero-order chi connectivity index (χ0) is 52.3. The fourth-order valence-electron chi connectivity index (χ4n) is 7.36. The average Bonchev–Trinajstić information content (AvgIpc) is 4.16. The summed E-state index contributed by atoms with van der Waals surface area (Å²) in [4.78, 5) is 20.2. The van der Waals surface area contributed by atoms with Gasteiger partial charge in [0.15, 0.2) is 0 Å². The van der Waals surface area contributed by atoms with Crippen LogP contribution in [0.5, 0.6) is 0 Å². The summed E-state index contributed by atoms with van der Waals surface area (Å²) in [5.74, 6) is 0. The Balaban J connectivity index is 0.000000236. The molecule has 0 atom stereocenters. The van der Waals surface area contributed by atoms with E-state index in [4.69, 9.17) is 92.8 Å². The molecule has 4 aliphatic heterocycles. The SMILES string of the molecule is C1=Cc2cc3ccc(cc4ccc(cc5nc(cc1n2)C=C5)[nH]4)[nH]3.O=S(=O)(O)C1=C(S(=O)(=O)O)c2nc1c(S(=O)(=O)O)c1nc(c(Cl)c3[nH]c(c(Cl)c3Cl)c(Cl)c3[nH]c(c(Cl)c3Cl)c2S(=O)(=O)O)C(Cl)=C1Cl.[Mn]. The largest absolute Gasteiger partial charge is 0.355 e. The van der Waals surface area contributed by atoms with Gasteiger partial charge in [-0.25, -0.2) is 19.9 Å². The molecule has 0 saturated heterocycles. The van der Waals surface area contributed by atoms with Crippen LogP contribution in [0.25, 0.3) is 88.3 Å². The number of halogens is 8. The van der Waals surface area contributed by atoms with Gasteiger partial charge in [0, 0.05) is 39.1 Å². The number of fused-ring (bicyclic) bond motifs is 16. The first-order valence-electron chi connectivity index (χ1n) is 19.1. The molecular formula is C40H20Cl8MnN8O12S4. The van der Waals surface area contributed by atoms with E-state index in [-0.39, 0.29) is 38.1 Å². The van der Waals surface area contributed by atoms with E-state index in [2.05, 4.69) is 70.2 Å². The van der Waals surface area contributed by atoms with Gasteiger partial charge >= 0.3 is 0 Å². The molecule has 0 aliphatic carbocycles. The van der Waals surface area contributed by atoms with Crippen LogP contribution in [-0.4, -0.2) is 91.8 Å². The summed E-state index contributed by atoms with van der Waals surface area (Å²) in [6.45, 7) is 0. The second-order valence-corrected chi connectivity index (χ2v) is 23.5. The van der Waals surface area contributed by atoms with Crippen molar-refractivity contribution in [1.29, 1.82) is 0 Å². The third kappa shape index (κ3) is 10.4. The molecule has 10 rings (SSSR count). The Labute approximate surface area is 460 Å². The monoisotopic (exact) mass is 1270 g/mol. The molecule has 8 N–H and O–H groups in total. The first-order chi connectivity index (χ1) is 33.5. The third-order valence-electron chi connectivity index (χ3n) is 10.3. The topological polar surface area (TPSA) is 332 Å². The molecule has 73 heavy (non-hydrogen) atoms. The predicted octanol–water partition coefficient (Wildman–Crippen LogP) is 11.3. The van der Waals surface area contributed by atoms with Crippen molar-refractivity contribution in [1.82, 2.24) is 39.9 Å². The van der Waals surface area contributed by atoms with Crippen molar-refractivity contribution in [3.8, 4) is 0 Å². The maximum atomic E-state index is 12.9. The summed E-state index contributed by atoms with van der Waals surface area (Å²) in [5.41, 5.74) is 0.0543. The quantitative estimate of drug-likeness (QED) is 0.0599. The minimum atomic E-state index is -6.15. The van der Waals surface area contributed by atoms with Crippen LogP contribution in [0.15, 0.2) is 58.3 Å². The van der Waals surface area contributed by atoms with E-state index in [0.29, 0.717) is 0 Å². The molecule has 0 saturated carbocycles. The molecule has 33 heteroatoms. The first kappa shape index (κ1) is 54.9. The molecule has 10 heterocycles. The summed E-state index contributed by atoms with van der Waals surface area (Å²) < 4.78 is 143. The van der Waals surface area contributed by atoms with Crippen molar-refractivity contribution in [2.45, 2.75) is 9.79 Å². The first-order valence-corrected chi connectivity index (χ1v) is 27.9. The Morgan fingerprint density at radius 3 is 1.12 bits per heavy atom. The molecule has 379 valence electrons. The summed E-state index contributed by atoms with van der Waals surface area (Å²) in [6.07, 6.45) is 8.05. The van der Waals surface area contributed by atoms with Crippen molar-refractivity contribution < 1.29 is 69.0 Å². The van der Waals surface area contributed by atoms with E-state index >= 15 is 0 Å². The Kier molecular flexibility index (Phi) is 14.8. The van der Waals surface area contributed by atoms with Gasteiger partial charge in [0.25, 0.3) is 40.5 Å². The van der Waals surface area contributed by atoms with Crippen LogP contribution in [0, 0.1) is 0 Å². The maximum absolute atomic E-state index is 12.9. The Morgan fingerprint density at radius 2 is 0.699 bits per heavy atom. The number of aromatic amines is 4. The predicted molar refractivity (Wildman–Crippen MR) is 278 cm³/mol. The van der Waals surface area contributed by atoms with Crippen LogP contribution in [0.2, 0.25) is 30.1 Å². The van der Waals surface area contributed by atoms with Gasteiger partial charge in [-0.15, -0.1) is 0 Å². The van der Waals surface area contributed by atoms with Gasteiger partial charge in [-0.05, 0) is 72.8 Å². The van der Waals surface area contributed by atoms with E-state index < -0.39 is 124 Å². The number of rotatable bonds is 4. The van der Waals surface area contributed by atoms with Crippen molar-refractivity contribution >= 4 is 222 Å². The molecule has 20 nitrogen and oxygen atoms in total. The van der Waals surface area contributed by atoms with Gasteiger partial charge in [0.05, 0.1) is 85.0 Å². The molecule has 4 aliphatic rings. The van der Waals surface area contributed by atoms with Crippen molar-refractivity contribution in [2.75, 3.05) is 0 Å². The van der Waals surface area contributed by atoms with Gasteiger partial charge < -0.3 is 19.9 Å². The second kappa shape index (κ2) is 19.7. The van der Waals surface area contributed by atoms with Crippen molar-refractivity contribution in [2.24, 2.45) is 0 Å². The Bertz CT molecular complexity index is 4370. The Morgan fingerprint density at radius 1 is 0.356 bits per heavy atom. The van der Waals surface area contributed by atoms with Gasteiger partial charge in [-0.3, -0.25) is 18.2 Å². The summed E-state index contributed by atoms with van der Waals surface area (Å²) >= 11 is 50.7. The fourth-order valence-corrected chi connectivity index (χ4v) is 13.4. The van der Waals surface area contributed by atoms with Crippen LogP contribution in [0.1, 0.15) is 45.6 Å². The zero-order valence-corrected chi connectivity index (χ0v) is 45.3. The van der Waals surface area contributed by atoms with Crippen LogP contribution in [0.3, 0.4) is 0 Å². The Hall–Kier alpha value is -4.32. The average molecular weight is 1270 g/mol. The fraction of sp³-hybridized carbons (Fsp3) is 0. The molecule has 0 aromatic carbocycles. The van der Waals surface area contributed by atoms with Crippen LogP contribution >= 0.6 is 92.8 Å². The summed E-state index contributed by atoms with van der Waals surface area (Å²) in [6, 6.07) is 16.4. The van der Waals surface area contributed by atoms with E-state index in [1.807, 2.05) is 42.5 Å². The van der Waals surface area contributed by atoms with Crippen LogP contribution in [-0.2, 0) is 57.5 Å². The van der Waals surface area contributed by atoms with Gasteiger partial charge in [0.1, 0.15) is 42.4 Å². The molecule has 0 amide bonds. The summed E-state index contributed by atoms with van der Waals surface area (Å²) in [7, 11) is -24.2. The standard InChI is InChI=1S/C20H6Cl8N4O12S4.C20H14N4.Mn/c21-1-2(22)10-8(28)12-4(24)6(26)14(31-12)18(46(36,37)38)16-20(48(42,43)44)19(47(39,40)41)15(32-16)17(45(33,34)35)13-5(25)3(23)11(30-13)7(27)9(1)29-10;1-2-14-10-16-5-6-18(23-16)12-20-8-7-19(24-20)11-17-4-3-15(22-17)9-13(1)21-14;/h29-30H,(H,33,34,35)(H,36,37,38)(H,39,40,41)(H,42,43,44);1-12,21-22H;. The number of hydrogen-bond acceptors (Lipinski definition) is 12. The minimum absolute atomic E-state index is 0. The smallest absolute Gasteiger partial charge is 0.298 e. The molecular weight excluding hydrogens is 1250 g/mol. The normalized spacial score (nSPS) is 13.9. The molecule has 6 aromatic rings. The third-order valence-corrected chi connectivity index (χ3v) is 17.3. The summed E-state index contributed by atoms with van der Waals surface area (Å²) in [5, 5.41) is -5.11. The minimum Gasteiger partial charge on any atom is -0.355 e. The maximum Gasteiger partial charge on any atom is 0.298 e.